The van der Waals surface area contributed by atoms with Crippen LogP contribution in [0.1, 0.15) is 16.1 Å². The molecule has 0 radical (unpaired) electrons. The highest BCUT2D eigenvalue weighted by atomic mass is 32.1. The standard InChI is InChI=1S/C13H11NO2S/c15-13(16)8-12-11(14-9-17-12)7-6-10-4-2-1-3-5-10/h1-7,9H,8H2,(H,15,16)/b7-6+. The van der Waals surface area contributed by atoms with Crippen LogP contribution in [0.25, 0.3) is 12.2 Å². The highest BCUT2D eigenvalue weighted by Gasteiger charge is 2.07. The zero-order valence-electron chi connectivity index (χ0n) is 9.04. The van der Waals surface area contributed by atoms with E-state index in [9.17, 15) is 4.79 Å². The summed E-state index contributed by atoms with van der Waals surface area (Å²) in [6, 6.07) is 9.84. The molecule has 0 aliphatic heterocycles. The Labute approximate surface area is 103 Å². The third-order valence-corrected chi connectivity index (χ3v) is 3.07. The number of aliphatic carboxylic acids is 1. The third kappa shape index (κ3) is 3.26. The Hall–Kier alpha value is -1.94. The molecule has 0 saturated carbocycles. The Morgan fingerprint density at radius 2 is 2.06 bits per heavy atom. The number of carbonyl (C=O) groups is 1. The van der Waals surface area contributed by atoms with E-state index in [0.29, 0.717) is 0 Å². The van der Waals surface area contributed by atoms with E-state index in [1.54, 1.807) is 5.51 Å². The molecule has 2 aromatic rings. The van der Waals surface area contributed by atoms with Gasteiger partial charge in [0.15, 0.2) is 0 Å². The highest BCUT2D eigenvalue weighted by molar-refractivity contribution is 7.09. The van der Waals surface area contributed by atoms with Crippen molar-refractivity contribution in [1.29, 1.82) is 0 Å². The van der Waals surface area contributed by atoms with Gasteiger partial charge in [0.25, 0.3) is 0 Å². The summed E-state index contributed by atoms with van der Waals surface area (Å²) in [7, 11) is 0. The van der Waals surface area contributed by atoms with Crippen molar-refractivity contribution in [2.75, 3.05) is 0 Å². The van der Waals surface area contributed by atoms with Crippen molar-refractivity contribution in [3.05, 3.63) is 52.0 Å². The average molecular weight is 245 g/mol. The van der Waals surface area contributed by atoms with Gasteiger partial charge in [0, 0.05) is 4.88 Å². The predicted molar refractivity (Wildman–Crippen MR) is 68.8 cm³/mol. The Balaban J connectivity index is 2.16. The number of rotatable bonds is 4. The number of carboxylic acids is 1. The molecule has 0 fully saturated rings. The summed E-state index contributed by atoms with van der Waals surface area (Å²) in [5.41, 5.74) is 3.48. The molecule has 4 heteroatoms. The normalized spacial score (nSPS) is 10.8. The Morgan fingerprint density at radius 3 is 2.76 bits per heavy atom. The van der Waals surface area contributed by atoms with Gasteiger partial charge >= 0.3 is 5.97 Å². The summed E-state index contributed by atoms with van der Waals surface area (Å²) in [6.07, 6.45) is 3.81. The van der Waals surface area contributed by atoms with Crippen LogP contribution in [0.3, 0.4) is 0 Å². The lowest BCUT2D eigenvalue weighted by Gasteiger charge is -1.94. The van der Waals surface area contributed by atoms with E-state index in [-0.39, 0.29) is 6.42 Å². The van der Waals surface area contributed by atoms with Crippen LogP contribution in [0.2, 0.25) is 0 Å². The van der Waals surface area contributed by atoms with Crippen LogP contribution >= 0.6 is 11.3 Å². The average Bonchev–Trinajstić information content (AvgIpc) is 2.74. The molecule has 0 saturated heterocycles. The van der Waals surface area contributed by atoms with Gasteiger partial charge in [0.1, 0.15) is 0 Å². The van der Waals surface area contributed by atoms with Crippen molar-refractivity contribution in [2.24, 2.45) is 0 Å². The fourth-order valence-electron chi connectivity index (χ4n) is 1.42. The molecular weight excluding hydrogens is 234 g/mol. The molecule has 1 heterocycles. The highest BCUT2D eigenvalue weighted by Crippen LogP contribution is 2.17. The molecule has 2 rings (SSSR count). The van der Waals surface area contributed by atoms with Crippen LogP contribution in [-0.4, -0.2) is 16.1 Å². The maximum atomic E-state index is 10.6. The maximum Gasteiger partial charge on any atom is 0.308 e. The minimum Gasteiger partial charge on any atom is -0.481 e. The summed E-state index contributed by atoms with van der Waals surface area (Å²) in [4.78, 5) is 15.6. The Kier molecular flexibility index (Phi) is 3.67. The molecule has 17 heavy (non-hydrogen) atoms. The molecule has 0 aliphatic rings. The first-order chi connectivity index (χ1) is 8.25. The second-order valence-electron chi connectivity index (χ2n) is 3.48. The van der Waals surface area contributed by atoms with Gasteiger partial charge in [0.05, 0.1) is 17.6 Å². The fraction of sp³-hybridized carbons (Fsp3) is 0.0769. The van der Waals surface area contributed by atoms with Crippen molar-refractivity contribution in [3.63, 3.8) is 0 Å². The van der Waals surface area contributed by atoms with Crippen molar-refractivity contribution in [2.45, 2.75) is 6.42 Å². The number of nitrogens with zero attached hydrogens (tertiary/aromatic N) is 1. The minimum absolute atomic E-state index is 0.0269. The van der Waals surface area contributed by atoms with Gasteiger partial charge < -0.3 is 5.11 Å². The van der Waals surface area contributed by atoms with Crippen molar-refractivity contribution in [3.8, 4) is 0 Å². The van der Waals surface area contributed by atoms with Gasteiger partial charge in [0.2, 0.25) is 0 Å². The van der Waals surface area contributed by atoms with Crippen molar-refractivity contribution < 1.29 is 9.90 Å². The van der Waals surface area contributed by atoms with Crippen LogP contribution in [0.15, 0.2) is 35.8 Å². The molecule has 1 aromatic carbocycles. The molecule has 0 unspecified atom stereocenters. The maximum absolute atomic E-state index is 10.6. The first-order valence-electron chi connectivity index (χ1n) is 5.13. The van der Waals surface area contributed by atoms with Gasteiger partial charge in [-0.3, -0.25) is 4.79 Å². The zero-order valence-corrected chi connectivity index (χ0v) is 9.85. The first kappa shape index (κ1) is 11.5. The van der Waals surface area contributed by atoms with E-state index in [1.165, 1.54) is 11.3 Å². The van der Waals surface area contributed by atoms with Crippen LogP contribution < -0.4 is 0 Å². The number of hydrogen-bond donors (Lipinski definition) is 1. The minimum atomic E-state index is -0.830. The zero-order chi connectivity index (χ0) is 12.1. The quantitative estimate of drug-likeness (QED) is 0.901. The molecule has 0 atom stereocenters. The predicted octanol–water partition coefficient (Wildman–Crippen LogP) is 2.94. The van der Waals surface area contributed by atoms with Crippen LogP contribution in [0.5, 0.6) is 0 Å². The Morgan fingerprint density at radius 1 is 1.29 bits per heavy atom. The summed E-state index contributed by atoms with van der Waals surface area (Å²) in [5.74, 6) is -0.830. The molecule has 1 N–H and O–H groups in total. The van der Waals surface area contributed by atoms with Crippen LogP contribution in [0, 0.1) is 0 Å². The molecule has 0 aliphatic carbocycles. The lowest BCUT2D eigenvalue weighted by molar-refractivity contribution is -0.136. The number of thiazole rings is 1. The smallest absolute Gasteiger partial charge is 0.308 e. The van der Waals surface area contributed by atoms with Gasteiger partial charge in [-0.05, 0) is 11.6 Å². The number of benzene rings is 1. The van der Waals surface area contributed by atoms with E-state index >= 15 is 0 Å². The van der Waals surface area contributed by atoms with Gasteiger partial charge in [-0.1, -0.05) is 36.4 Å². The topological polar surface area (TPSA) is 50.2 Å². The lowest BCUT2D eigenvalue weighted by Crippen LogP contribution is -1.99. The summed E-state index contributed by atoms with van der Waals surface area (Å²) >= 11 is 1.37. The van der Waals surface area contributed by atoms with Gasteiger partial charge in [-0.2, -0.15) is 0 Å². The molecule has 1 aromatic heterocycles. The SMILES string of the molecule is O=C(O)Cc1scnc1/C=C/c1ccccc1. The molecule has 0 amide bonds. The van der Waals surface area contributed by atoms with E-state index in [4.69, 9.17) is 5.11 Å². The van der Waals surface area contributed by atoms with Crippen LogP contribution in [-0.2, 0) is 11.2 Å². The fourth-order valence-corrected chi connectivity index (χ4v) is 2.17. The molecule has 0 bridgehead atoms. The largest absolute Gasteiger partial charge is 0.481 e. The van der Waals surface area contributed by atoms with E-state index in [0.717, 1.165) is 16.1 Å². The third-order valence-electron chi connectivity index (χ3n) is 2.22. The number of carboxylic acid groups (broad SMARTS) is 1. The van der Waals surface area contributed by atoms with Crippen LogP contribution in [0.4, 0.5) is 0 Å². The Bertz CT molecular complexity index is 531. The van der Waals surface area contributed by atoms with E-state index in [2.05, 4.69) is 4.98 Å². The van der Waals surface area contributed by atoms with Crippen molar-refractivity contribution in [1.82, 2.24) is 4.98 Å². The van der Waals surface area contributed by atoms with Crippen molar-refractivity contribution >= 4 is 29.5 Å². The first-order valence-corrected chi connectivity index (χ1v) is 6.01. The molecular formula is C13H11NO2S. The van der Waals surface area contributed by atoms with E-state index < -0.39 is 5.97 Å². The van der Waals surface area contributed by atoms with Gasteiger partial charge in [-0.25, -0.2) is 4.98 Å². The summed E-state index contributed by atoms with van der Waals surface area (Å²) in [5, 5.41) is 8.75. The van der Waals surface area contributed by atoms with Gasteiger partial charge in [-0.15, -0.1) is 11.3 Å². The second-order valence-corrected chi connectivity index (χ2v) is 4.41. The lowest BCUT2D eigenvalue weighted by atomic mass is 10.2. The monoisotopic (exact) mass is 245 g/mol. The number of aromatic nitrogens is 1. The second kappa shape index (κ2) is 5.41. The van der Waals surface area contributed by atoms with E-state index in [1.807, 2.05) is 42.5 Å². The molecule has 86 valence electrons. The number of hydrogen-bond acceptors (Lipinski definition) is 3. The summed E-state index contributed by atoms with van der Waals surface area (Å²) < 4.78 is 0. The molecule has 0 spiro atoms. The molecule has 3 nitrogen and oxygen atoms in total. The summed E-state index contributed by atoms with van der Waals surface area (Å²) in [6.45, 7) is 0.